The molecule has 3 rings (SSSR count). The largest absolute Gasteiger partial charge is 0.251 e. The van der Waals surface area contributed by atoms with Crippen molar-refractivity contribution >= 4 is 34.1 Å². The van der Waals surface area contributed by atoms with Gasteiger partial charge in [0, 0.05) is 11.1 Å². The van der Waals surface area contributed by atoms with Crippen LogP contribution in [-0.2, 0) is 12.8 Å². The highest BCUT2D eigenvalue weighted by Gasteiger charge is 2.18. The van der Waals surface area contributed by atoms with Crippen molar-refractivity contribution in [3.8, 4) is 0 Å². The van der Waals surface area contributed by atoms with E-state index < -0.39 is 0 Å². The highest BCUT2D eigenvalue weighted by atomic mass is 35.5. The number of halogens is 2. The number of rotatable bonds is 0. The van der Waals surface area contributed by atoms with Crippen LogP contribution in [0.2, 0.25) is 10.0 Å². The van der Waals surface area contributed by atoms with Crippen molar-refractivity contribution in [3.05, 3.63) is 39.5 Å². The van der Waals surface area contributed by atoms with E-state index in [9.17, 15) is 0 Å². The first-order chi connectivity index (χ1) is 7.27. The minimum Gasteiger partial charge on any atom is -0.251 e. The number of aryl methyl sites for hydroxylation is 1. The fourth-order valence-electron chi connectivity index (χ4n) is 2.19. The second kappa shape index (κ2) is 3.36. The van der Waals surface area contributed by atoms with E-state index >= 15 is 0 Å². The molecule has 1 aliphatic carbocycles. The van der Waals surface area contributed by atoms with E-state index in [4.69, 9.17) is 23.2 Å². The van der Waals surface area contributed by atoms with Gasteiger partial charge >= 0.3 is 0 Å². The molecule has 0 bridgehead atoms. The van der Waals surface area contributed by atoms with Crippen LogP contribution in [0.1, 0.15) is 17.7 Å². The molecule has 3 heteroatoms. The van der Waals surface area contributed by atoms with Gasteiger partial charge in [0.1, 0.15) is 0 Å². The molecule has 76 valence electrons. The molecule has 0 radical (unpaired) electrons. The second-order valence-electron chi connectivity index (χ2n) is 3.84. The molecule has 1 aromatic heterocycles. The maximum atomic E-state index is 6.36. The number of benzene rings is 1. The average molecular weight is 238 g/mol. The van der Waals surface area contributed by atoms with Gasteiger partial charge in [0.25, 0.3) is 0 Å². The zero-order chi connectivity index (χ0) is 10.4. The van der Waals surface area contributed by atoms with Crippen molar-refractivity contribution < 1.29 is 0 Å². The van der Waals surface area contributed by atoms with E-state index in [0.29, 0.717) is 5.02 Å². The van der Waals surface area contributed by atoms with Crippen molar-refractivity contribution in [2.24, 2.45) is 0 Å². The molecule has 2 aromatic rings. The molecule has 0 amide bonds. The fraction of sp³-hybridized carbons (Fsp3) is 0.250. The van der Waals surface area contributed by atoms with Gasteiger partial charge in [0.15, 0.2) is 0 Å². The monoisotopic (exact) mass is 237 g/mol. The highest BCUT2D eigenvalue weighted by Crippen LogP contribution is 2.35. The molecule has 1 aliphatic rings. The zero-order valence-electron chi connectivity index (χ0n) is 8.06. The number of hydrogen-bond acceptors (Lipinski definition) is 1. The summed E-state index contributed by atoms with van der Waals surface area (Å²) in [6.45, 7) is 0. The van der Waals surface area contributed by atoms with Crippen LogP contribution in [0, 0.1) is 0 Å². The number of pyridine rings is 1. The smallest absolute Gasteiger partial charge is 0.0906 e. The summed E-state index contributed by atoms with van der Waals surface area (Å²) < 4.78 is 0. The first kappa shape index (κ1) is 9.44. The van der Waals surface area contributed by atoms with Crippen LogP contribution in [0.3, 0.4) is 0 Å². The summed E-state index contributed by atoms with van der Waals surface area (Å²) in [6.07, 6.45) is 3.22. The Hall–Kier alpha value is -0.790. The maximum Gasteiger partial charge on any atom is 0.0906 e. The van der Waals surface area contributed by atoms with E-state index in [1.165, 1.54) is 5.56 Å². The Labute approximate surface area is 98.0 Å². The first-order valence-corrected chi connectivity index (χ1v) is 5.78. The molecule has 1 aromatic carbocycles. The van der Waals surface area contributed by atoms with Gasteiger partial charge in [0.05, 0.1) is 15.6 Å². The Balaban J connectivity index is 2.46. The van der Waals surface area contributed by atoms with Crippen LogP contribution >= 0.6 is 23.2 Å². The minimum absolute atomic E-state index is 0.684. The lowest BCUT2D eigenvalue weighted by atomic mass is 10.1. The molecule has 0 spiro atoms. The molecule has 0 unspecified atom stereocenters. The number of nitrogens with zero attached hydrogens (tertiary/aromatic N) is 1. The SMILES string of the molecule is Clc1c2c(nc3c(Cl)cccc13)CCC2. The van der Waals surface area contributed by atoms with Crippen molar-refractivity contribution in [2.75, 3.05) is 0 Å². The van der Waals surface area contributed by atoms with Gasteiger partial charge in [-0.25, -0.2) is 0 Å². The van der Waals surface area contributed by atoms with E-state index in [1.807, 2.05) is 18.2 Å². The van der Waals surface area contributed by atoms with Crippen molar-refractivity contribution in [3.63, 3.8) is 0 Å². The Bertz CT molecular complexity index is 549. The van der Waals surface area contributed by atoms with E-state index in [-0.39, 0.29) is 0 Å². The lowest BCUT2D eigenvalue weighted by molar-refractivity contribution is 0.901. The Kier molecular flexibility index (Phi) is 2.11. The minimum atomic E-state index is 0.684. The van der Waals surface area contributed by atoms with Gasteiger partial charge < -0.3 is 0 Å². The normalized spacial score (nSPS) is 14.5. The van der Waals surface area contributed by atoms with Crippen LogP contribution < -0.4 is 0 Å². The van der Waals surface area contributed by atoms with E-state index in [2.05, 4.69) is 4.98 Å². The predicted molar refractivity (Wildman–Crippen MR) is 63.8 cm³/mol. The molecule has 0 saturated carbocycles. The number of para-hydroxylation sites is 1. The van der Waals surface area contributed by atoms with Crippen molar-refractivity contribution in [1.82, 2.24) is 4.98 Å². The molecule has 0 fully saturated rings. The standard InChI is InChI=1S/C12H9Cl2N/c13-9-5-1-4-8-11(14)7-3-2-6-10(7)15-12(8)9/h1,4-5H,2-3,6H2. The number of hydrogen-bond donors (Lipinski definition) is 0. The van der Waals surface area contributed by atoms with Gasteiger partial charge in [-0.3, -0.25) is 4.98 Å². The van der Waals surface area contributed by atoms with Gasteiger partial charge in [-0.1, -0.05) is 35.3 Å². The van der Waals surface area contributed by atoms with Gasteiger partial charge in [0.2, 0.25) is 0 Å². The lowest BCUT2D eigenvalue weighted by Crippen LogP contribution is -1.92. The summed E-state index contributed by atoms with van der Waals surface area (Å²) in [5, 5.41) is 2.50. The number of fused-ring (bicyclic) bond motifs is 2. The highest BCUT2D eigenvalue weighted by molar-refractivity contribution is 6.39. The summed E-state index contributed by atoms with van der Waals surface area (Å²) in [5.41, 5.74) is 3.18. The van der Waals surface area contributed by atoms with Crippen molar-refractivity contribution in [1.29, 1.82) is 0 Å². The Morgan fingerprint density at radius 1 is 1.13 bits per heavy atom. The summed E-state index contributed by atoms with van der Waals surface area (Å²) in [7, 11) is 0. The molecule has 1 nitrogen and oxygen atoms in total. The molecule has 0 atom stereocenters. The van der Waals surface area contributed by atoms with Crippen LogP contribution in [-0.4, -0.2) is 4.98 Å². The van der Waals surface area contributed by atoms with E-state index in [1.54, 1.807) is 0 Å². The van der Waals surface area contributed by atoms with Crippen LogP contribution in [0.15, 0.2) is 18.2 Å². The second-order valence-corrected chi connectivity index (χ2v) is 4.63. The topological polar surface area (TPSA) is 12.9 Å². The third-order valence-electron chi connectivity index (χ3n) is 2.92. The maximum absolute atomic E-state index is 6.36. The first-order valence-electron chi connectivity index (χ1n) is 5.03. The molecule has 15 heavy (non-hydrogen) atoms. The number of aromatic nitrogens is 1. The van der Waals surface area contributed by atoms with Gasteiger partial charge in [-0.2, -0.15) is 0 Å². The Morgan fingerprint density at radius 2 is 2.00 bits per heavy atom. The van der Waals surface area contributed by atoms with Gasteiger partial charge in [-0.15, -0.1) is 0 Å². The molecule has 0 N–H and O–H groups in total. The third-order valence-corrected chi connectivity index (χ3v) is 3.66. The molecular weight excluding hydrogens is 229 g/mol. The van der Waals surface area contributed by atoms with Crippen LogP contribution in [0.25, 0.3) is 10.9 Å². The molecule has 1 heterocycles. The fourth-order valence-corrected chi connectivity index (χ4v) is 2.76. The summed E-state index contributed by atoms with van der Waals surface area (Å²) in [4.78, 5) is 4.60. The van der Waals surface area contributed by atoms with E-state index in [0.717, 1.165) is 40.9 Å². The summed E-state index contributed by atoms with van der Waals surface area (Å²) in [6, 6.07) is 5.75. The van der Waals surface area contributed by atoms with Gasteiger partial charge in [-0.05, 0) is 30.9 Å². The summed E-state index contributed by atoms with van der Waals surface area (Å²) in [5.74, 6) is 0. The molecule has 0 aliphatic heterocycles. The molecule has 0 saturated heterocycles. The Morgan fingerprint density at radius 3 is 2.87 bits per heavy atom. The average Bonchev–Trinajstić information content (AvgIpc) is 2.68. The quantitative estimate of drug-likeness (QED) is 0.675. The van der Waals surface area contributed by atoms with Crippen molar-refractivity contribution in [2.45, 2.75) is 19.3 Å². The molecular formula is C12H9Cl2N. The summed E-state index contributed by atoms with van der Waals surface area (Å²) >= 11 is 12.5. The lowest BCUT2D eigenvalue weighted by Gasteiger charge is -2.07. The van der Waals surface area contributed by atoms with Crippen LogP contribution in [0.4, 0.5) is 0 Å². The van der Waals surface area contributed by atoms with Crippen LogP contribution in [0.5, 0.6) is 0 Å². The zero-order valence-corrected chi connectivity index (χ0v) is 9.57. The third kappa shape index (κ3) is 1.34. The predicted octanol–water partition coefficient (Wildman–Crippen LogP) is 4.03.